The molecular formula is C29H27N3O4S. The van der Waals surface area contributed by atoms with Crippen LogP contribution < -0.4 is 15.4 Å². The van der Waals surface area contributed by atoms with Gasteiger partial charge in [0.1, 0.15) is 5.75 Å². The molecule has 0 spiro atoms. The largest absolute Gasteiger partial charge is 0.491 e. The Kier molecular flexibility index (Phi) is 8.10. The fraction of sp³-hybridized carbons (Fsp3) is 0.172. The minimum absolute atomic E-state index is 0.0380. The van der Waals surface area contributed by atoms with Gasteiger partial charge in [0.05, 0.1) is 35.0 Å². The minimum Gasteiger partial charge on any atom is -0.491 e. The average Bonchev–Trinajstić information content (AvgIpc) is 2.88. The van der Waals surface area contributed by atoms with Gasteiger partial charge in [-0.15, -0.1) is 0 Å². The highest BCUT2D eigenvalue weighted by Gasteiger charge is 2.16. The molecule has 0 fully saturated rings. The quantitative estimate of drug-likeness (QED) is 0.232. The highest BCUT2D eigenvalue weighted by molar-refractivity contribution is 7.80. The third-order valence-electron chi connectivity index (χ3n) is 5.34. The van der Waals surface area contributed by atoms with Gasteiger partial charge in [-0.1, -0.05) is 30.3 Å². The SMILES string of the molecule is CCOC(=O)c1ccc(NC(=S)NC(=O)c2cc(-c3cccc(OC(C)C)c3)nc3ccccc23)cc1. The Balaban J connectivity index is 1.56. The van der Waals surface area contributed by atoms with E-state index in [2.05, 4.69) is 10.6 Å². The average molecular weight is 514 g/mol. The summed E-state index contributed by atoms with van der Waals surface area (Å²) in [4.78, 5) is 29.9. The molecule has 0 saturated heterocycles. The van der Waals surface area contributed by atoms with Gasteiger partial charge in [0, 0.05) is 16.6 Å². The molecule has 1 heterocycles. The predicted octanol–water partition coefficient (Wildman–Crippen LogP) is 5.99. The van der Waals surface area contributed by atoms with Crippen LogP contribution in [-0.4, -0.2) is 34.7 Å². The van der Waals surface area contributed by atoms with Gasteiger partial charge in [0.15, 0.2) is 5.11 Å². The number of nitrogens with zero attached hydrogens (tertiary/aromatic N) is 1. The Labute approximate surface area is 220 Å². The van der Waals surface area contributed by atoms with E-state index in [-0.39, 0.29) is 17.1 Å². The number of carbonyl (C=O) groups is 2. The van der Waals surface area contributed by atoms with Crippen LogP contribution in [0.15, 0.2) is 78.9 Å². The Bertz CT molecular complexity index is 1450. The Morgan fingerprint density at radius 1 is 0.973 bits per heavy atom. The molecule has 4 aromatic rings. The van der Waals surface area contributed by atoms with Crippen LogP contribution in [0.3, 0.4) is 0 Å². The maximum Gasteiger partial charge on any atom is 0.338 e. The zero-order valence-electron chi connectivity index (χ0n) is 20.8. The number of carbonyl (C=O) groups excluding carboxylic acids is 2. The van der Waals surface area contributed by atoms with Crippen molar-refractivity contribution in [3.63, 3.8) is 0 Å². The van der Waals surface area contributed by atoms with Gasteiger partial charge >= 0.3 is 5.97 Å². The minimum atomic E-state index is -0.397. The molecule has 0 radical (unpaired) electrons. The Hall–Kier alpha value is -4.30. The molecule has 0 unspecified atom stereocenters. The van der Waals surface area contributed by atoms with E-state index in [1.807, 2.05) is 62.4 Å². The van der Waals surface area contributed by atoms with Crippen molar-refractivity contribution in [2.75, 3.05) is 11.9 Å². The number of benzene rings is 3. The molecule has 3 aromatic carbocycles. The van der Waals surface area contributed by atoms with Gasteiger partial charge in [-0.25, -0.2) is 9.78 Å². The van der Waals surface area contributed by atoms with E-state index < -0.39 is 5.97 Å². The molecular weight excluding hydrogens is 486 g/mol. The number of thiocarbonyl (C=S) groups is 1. The van der Waals surface area contributed by atoms with Crippen LogP contribution in [0.2, 0.25) is 0 Å². The monoisotopic (exact) mass is 513 g/mol. The summed E-state index contributed by atoms with van der Waals surface area (Å²) in [6.45, 7) is 5.99. The normalized spacial score (nSPS) is 10.7. The van der Waals surface area contributed by atoms with Crippen LogP contribution in [0.1, 0.15) is 41.5 Å². The van der Waals surface area contributed by atoms with Crippen LogP contribution in [-0.2, 0) is 4.74 Å². The predicted molar refractivity (Wildman–Crippen MR) is 149 cm³/mol. The lowest BCUT2D eigenvalue weighted by Gasteiger charge is -2.14. The van der Waals surface area contributed by atoms with Crippen molar-refractivity contribution in [2.24, 2.45) is 0 Å². The lowest BCUT2D eigenvalue weighted by molar-refractivity contribution is 0.0526. The van der Waals surface area contributed by atoms with E-state index in [0.29, 0.717) is 40.0 Å². The van der Waals surface area contributed by atoms with Crippen molar-refractivity contribution in [3.05, 3.63) is 90.0 Å². The highest BCUT2D eigenvalue weighted by Crippen LogP contribution is 2.27. The van der Waals surface area contributed by atoms with E-state index >= 15 is 0 Å². The van der Waals surface area contributed by atoms with Crippen molar-refractivity contribution in [3.8, 4) is 17.0 Å². The van der Waals surface area contributed by atoms with Gasteiger partial charge in [0.2, 0.25) is 0 Å². The first-order valence-corrected chi connectivity index (χ1v) is 12.3. The first-order valence-electron chi connectivity index (χ1n) is 11.9. The molecule has 1 aromatic heterocycles. The number of anilines is 1. The zero-order chi connectivity index (χ0) is 26.4. The molecule has 1 amide bonds. The highest BCUT2D eigenvalue weighted by atomic mass is 32.1. The lowest BCUT2D eigenvalue weighted by Crippen LogP contribution is -2.34. The lowest BCUT2D eigenvalue weighted by atomic mass is 10.0. The molecule has 4 rings (SSSR count). The maximum atomic E-state index is 13.3. The molecule has 188 valence electrons. The number of aromatic nitrogens is 1. The standard InChI is InChI=1S/C29H27N3O4S/c1-4-35-28(34)19-12-14-21(15-13-19)30-29(37)32-27(33)24-17-26(31-25-11-6-5-10-23(24)25)20-8-7-9-22(16-20)36-18(2)3/h5-18H,4H2,1-3H3,(H2,30,32,33,37). The zero-order valence-corrected chi connectivity index (χ0v) is 21.6. The first-order chi connectivity index (χ1) is 17.8. The molecule has 37 heavy (non-hydrogen) atoms. The van der Waals surface area contributed by atoms with Crippen molar-refractivity contribution >= 4 is 45.8 Å². The molecule has 0 saturated carbocycles. The molecule has 0 aliphatic carbocycles. The third kappa shape index (κ3) is 6.48. The van der Waals surface area contributed by atoms with Crippen LogP contribution in [0, 0.1) is 0 Å². The number of rotatable bonds is 7. The molecule has 0 aliphatic rings. The summed E-state index contributed by atoms with van der Waals surface area (Å²) >= 11 is 5.38. The summed E-state index contributed by atoms with van der Waals surface area (Å²) in [6, 6.07) is 23.5. The number of pyridine rings is 1. The van der Waals surface area contributed by atoms with Crippen molar-refractivity contribution in [1.82, 2.24) is 10.3 Å². The molecule has 0 atom stereocenters. The summed E-state index contributed by atoms with van der Waals surface area (Å²) in [5, 5.41) is 6.56. The van der Waals surface area contributed by atoms with E-state index in [1.54, 1.807) is 37.3 Å². The van der Waals surface area contributed by atoms with Crippen molar-refractivity contribution < 1.29 is 19.1 Å². The Morgan fingerprint density at radius 3 is 2.46 bits per heavy atom. The van der Waals surface area contributed by atoms with E-state index in [0.717, 1.165) is 11.3 Å². The number of hydrogen-bond acceptors (Lipinski definition) is 6. The third-order valence-corrected chi connectivity index (χ3v) is 5.55. The maximum absolute atomic E-state index is 13.3. The summed E-state index contributed by atoms with van der Waals surface area (Å²) in [5.41, 5.74) is 3.67. The van der Waals surface area contributed by atoms with E-state index in [9.17, 15) is 9.59 Å². The fourth-order valence-corrected chi connectivity index (χ4v) is 3.96. The van der Waals surface area contributed by atoms with Crippen molar-refractivity contribution in [2.45, 2.75) is 26.9 Å². The summed E-state index contributed by atoms with van der Waals surface area (Å²) in [6.07, 6.45) is 0.0380. The van der Waals surface area contributed by atoms with Gasteiger partial charge in [-0.2, -0.15) is 0 Å². The summed E-state index contributed by atoms with van der Waals surface area (Å²) in [5.74, 6) is -0.0329. The summed E-state index contributed by atoms with van der Waals surface area (Å²) in [7, 11) is 0. The van der Waals surface area contributed by atoms with Gasteiger partial charge in [-0.05, 0) is 81.5 Å². The van der Waals surface area contributed by atoms with Crippen LogP contribution >= 0.6 is 12.2 Å². The number of fused-ring (bicyclic) bond motifs is 1. The summed E-state index contributed by atoms with van der Waals surface area (Å²) < 4.78 is 10.8. The first kappa shape index (κ1) is 25.8. The molecule has 2 N–H and O–H groups in total. The van der Waals surface area contributed by atoms with E-state index in [1.165, 1.54) is 0 Å². The number of amides is 1. The number of ether oxygens (including phenoxy) is 2. The molecule has 0 bridgehead atoms. The molecule has 8 heteroatoms. The number of esters is 1. The van der Waals surface area contributed by atoms with Gasteiger partial charge in [0.25, 0.3) is 5.91 Å². The molecule has 7 nitrogen and oxygen atoms in total. The van der Waals surface area contributed by atoms with Crippen LogP contribution in [0.5, 0.6) is 5.75 Å². The van der Waals surface area contributed by atoms with Gasteiger partial charge in [-0.3, -0.25) is 10.1 Å². The van der Waals surface area contributed by atoms with Gasteiger partial charge < -0.3 is 14.8 Å². The molecule has 0 aliphatic heterocycles. The van der Waals surface area contributed by atoms with Crippen LogP contribution in [0.4, 0.5) is 5.69 Å². The van der Waals surface area contributed by atoms with Crippen molar-refractivity contribution in [1.29, 1.82) is 0 Å². The van der Waals surface area contributed by atoms with Crippen LogP contribution in [0.25, 0.3) is 22.2 Å². The number of hydrogen-bond donors (Lipinski definition) is 2. The Morgan fingerprint density at radius 2 is 1.73 bits per heavy atom. The fourth-order valence-electron chi connectivity index (χ4n) is 3.75. The second kappa shape index (κ2) is 11.6. The number of para-hydroxylation sites is 1. The number of nitrogens with one attached hydrogen (secondary N) is 2. The van der Waals surface area contributed by atoms with E-state index in [4.69, 9.17) is 26.7 Å². The second-order valence-electron chi connectivity index (χ2n) is 8.47. The second-order valence-corrected chi connectivity index (χ2v) is 8.88. The smallest absolute Gasteiger partial charge is 0.338 e. The topological polar surface area (TPSA) is 89.6 Å².